The lowest BCUT2D eigenvalue weighted by atomic mass is 10.1. The lowest BCUT2D eigenvalue weighted by Gasteiger charge is -2.19. The molecule has 2 amide bonds. The predicted molar refractivity (Wildman–Crippen MR) is 71.7 cm³/mol. The molecule has 0 fully saturated rings. The van der Waals surface area contributed by atoms with Crippen molar-refractivity contribution in [3.05, 3.63) is 0 Å². The molecule has 0 aromatic carbocycles. The molecule has 3 N–H and O–H groups in total. The number of carbonyl (C=O) groups is 2. The Balaban J connectivity index is 4.31. The lowest BCUT2D eigenvalue weighted by molar-refractivity contribution is -0.139. The second kappa shape index (κ2) is 9.22. The van der Waals surface area contributed by atoms with Crippen molar-refractivity contribution in [2.75, 3.05) is 13.7 Å². The first-order valence-corrected chi connectivity index (χ1v) is 6.17. The van der Waals surface area contributed by atoms with E-state index in [2.05, 4.69) is 16.6 Å². The van der Waals surface area contributed by atoms with Crippen molar-refractivity contribution in [3.8, 4) is 12.3 Å². The highest BCUT2D eigenvalue weighted by molar-refractivity contribution is 5.82. The minimum atomic E-state index is -1.08. The summed E-state index contributed by atoms with van der Waals surface area (Å²) in [5.41, 5.74) is 0. The molecule has 108 valence electrons. The number of urea groups is 1. The quantitative estimate of drug-likeness (QED) is 0.450. The van der Waals surface area contributed by atoms with Crippen LogP contribution in [0.15, 0.2) is 0 Å². The molecule has 6 heteroatoms. The molecule has 0 aliphatic rings. The minimum Gasteiger partial charge on any atom is -0.480 e. The number of aliphatic carboxylic acids is 1. The highest BCUT2D eigenvalue weighted by Gasteiger charge is 2.21. The zero-order chi connectivity index (χ0) is 14.8. The number of amides is 2. The van der Waals surface area contributed by atoms with Crippen molar-refractivity contribution < 1.29 is 19.4 Å². The Morgan fingerprint density at radius 3 is 2.42 bits per heavy atom. The standard InChI is InChI=1S/C13H22N2O4/c1-5-10(9(2)3)14-13(18)15-11(12(16)17)7-6-8-19-4/h1,9-11H,6-8H2,2-4H3,(H,16,17)(H2,14,15,18). The number of carboxylic acids is 1. The molecule has 0 aliphatic carbocycles. The smallest absolute Gasteiger partial charge is 0.326 e. The average Bonchev–Trinajstić information content (AvgIpc) is 2.34. The summed E-state index contributed by atoms with van der Waals surface area (Å²) in [6.07, 6.45) is 6.14. The number of carbonyl (C=O) groups excluding carboxylic acids is 1. The van der Waals surface area contributed by atoms with E-state index in [0.29, 0.717) is 19.4 Å². The van der Waals surface area contributed by atoms with E-state index in [1.807, 2.05) is 13.8 Å². The second-order valence-corrected chi connectivity index (χ2v) is 4.53. The molecule has 19 heavy (non-hydrogen) atoms. The fourth-order valence-corrected chi connectivity index (χ4v) is 1.43. The van der Waals surface area contributed by atoms with E-state index in [0.717, 1.165) is 0 Å². The molecule has 2 atom stereocenters. The van der Waals surface area contributed by atoms with Gasteiger partial charge in [-0.2, -0.15) is 0 Å². The van der Waals surface area contributed by atoms with E-state index >= 15 is 0 Å². The van der Waals surface area contributed by atoms with Crippen LogP contribution in [0.5, 0.6) is 0 Å². The van der Waals surface area contributed by atoms with Gasteiger partial charge in [0.25, 0.3) is 0 Å². The molecule has 0 radical (unpaired) electrons. The van der Waals surface area contributed by atoms with Crippen LogP contribution < -0.4 is 10.6 Å². The summed E-state index contributed by atoms with van der Waals surface area (Å²) in [5, 5.41) is 14.0. The third-order valence-corrected chi connectivity index (χ3v) is 2.58. The normalized spacial score (nSPS) is 13.4. The van der Waals surface area contributed by atoms with Crippen molar-refractivity contribution in [2.24, 2.45) is 5.92 Å². The number of hydrogen-bond donors (Lipinski definition) is 3. The largest absolute Gasteiger partial charge is 0.480 e. The van der Waals surface area contributed by atoms with Crippen LogP contribution >= 0.6 is 0 Å². The number of nitrogens with one attached hydrogen (secondary N) is 2. The highest BCUT2D eigenvalue weighted by Crippen LogP contribution is 2.01. The van der Waals surface area contributed by atoms with Gasteiger partial charge in [-0.05, 0) is 18.8 Å². The van der Waals surface area contributed by atoms with Crippen molar-refractivity contribution in [2.45, 2.75) is 38.8 Å². The molecule has 0 spiro atoms. The van der Waals surface area contributed by atoms with Gasteiger partial charge in [0.1, 0.15) is 6.04 Å². The number of hydrogen-bond acceptors (Lipinski definition) is 3. The second-order valence-electron chi connectivity index (χ2n) is 4.53. The number of ether oxygens (including phenoxy) is 1. The Kier molecular flexibility index (Phi) is 8.38. The number of rotatable bonds is 8. The predicted octanol–water partition coefficient (Wildman–Crippen LogP) is 0.823. The van der Waals surface area contributed by atoms with E-state index in [4.69, 9.17) is 16.3 Å². The van der Waals surface area contributed by atoms with Crippen LogP contribution in [-0.2, 0) is 9.53 Å². The SMILES string of the molecule is C#CC(NC(=O)NC(CCCOC)C(=O)O)C(C)C. The first-order chi connectivity index (χ1) is 8.92. The first-order valence-electron chi connectivity index (χ1n) is 6.17. The molecule has 0 rings (SSSR count). The van der Waals surface area contributed by atoms with Gasteiger partial charge in [0, 0.05) is 13.7 Å². The minimum absolute atomic E-state index is 0.0764. The van der Waals surface area contributed by atoms with E-state index in [-0.39, 0.29) is 5.92 Å². The van der Waals surface area contributed by atoms with E-state index < -0.39 is 24.1 Å². The topological polar surface area (TPSA) is 87.7 Å². The van der Waals surface area contributed by atoms with Gasteiger partial charge in [0.15, 0.2) is 0 Å². The van der Waals surface area contributed by atoms with E-state index in [1.54, 1.807) is 0 Å². The van der Waals surface area contributed by atoms with Gasteiger partial charge in [-0.15, -0.1) is 6.42 Å². The summed E-state index contributed by atoms with van der Waals surface area (Å²) in [6.45, 7) is 4.20. The van der Waals surface area contributed by atoms with Crippen LogP contribution in [0.25, 0.3) is 0 Å². The fourth-order valence-electron chi connectivity index (χ4n) is 1.43. The Morgan fingerprint density at radius 1 is 1.37 bits per heavy atom. The van der Waals surface area contributed by atoms with Gasteiger partial charge >= 0.3 is 12.0 Å². The molecule has 0 aromatic heterocycles. The Labute approximate surface area is 113 Å². The summed E-state index contributed by atoms with van der Waals surface area (Å²) < 4.78 is 4.84. The zero-order valence-corrected chi connectivity index (χ0v) is 11.6. The molecular weight excluding hydrogens is 248 g/mol. The third-order valence-electron chi connectivity index (χ3n) is 2.58. The monoisotopic (exact) mass is 270 g/mol. The summed E-state index contributed by atoms with van der Waals surface area (Å²) >= 11 is 0. The van der Waals surface area contributed by atoms with Crippen LogP contribution in [0.4, 0.5) is 4.79 Å². The third kappa shape index (κ3) is 7.32. The Morgan fingerprint density at radius 2 is 2.00 bits per heavy atom. The molecule has 0 saturated heterocycles. The molecule has 6 nitrogen and oxygen atoms in total. The molecule has 0 bridgehead atoms. The van der Waals surface area contributed by atoms with Gasteiger partial charge < -0.3 is 20.5 Å². The van der Waals surface area contributed by atoms with Crippen molar-refractivity contribution in [1.29, 1.82) is 0 Å². The number of carboxylic acid groups (broad SMARTS) is 1. The lowest BCUT2D eigenvalue weighted by Crippen LogP contribution is -2.49. The first kappa shape index (κ1) is 17.3. The summed E-state index contributed by atoms with van der Waals surface area (Å²) in [5.74, 6) is 1.45. The maximum Gasteiger partial charge on any atom is 0.326 e. The van der Waals surface area contributed by atoms with E-state index in [9.17, 15) is 9.59 Å². The van der Waals surface area contributed by atoms with Gasteiger partial charge in [-0.3, -0.25) is 0 Å². The number of methoxy groups -OCH3 is 1. The zero-order valence-electron chi connectivity index (χ0n) is 11.6. The van der Waals surface area contributed by atoms with Crippen molar-refractivity contribution in [1.82, 2.24) is 10.6 Å². The van der Waals surface area contributed by atoms with Crippen LogP contribution in [-0.4, -0.2) is 42.9 Å². The molecular formula is C13H22N2O4. The number of terminal acetylenes is 1. The maximum atomic E-state index is 11.7. The van der Waals surface area contributed by atoms with Crippen LogP contribution in [0, 0.1) is 18.3 Å². The van der Waals surface area contributed by atoms with Gasteiger partial charge in [0.05, 0.1) is 6.04 Å². The van der Waals surface area contributed by atoms with Crippen LogP contribution in [0.1, 0.15) is 26.7 Å². The Hall–Kier alpha value is -1.74. The summed E-state index contributed by atoms with van der Waals surface area (Å²) in [7, 11) is 1.54. The highest BCUT2D eigenvalue weighted by atomic mass is 16.5. The molecule has 0 aromatic rings. The van der Waals surface area contributed by atoms with Crippen LogP contribution in [0.2, 0.25) is 0 Å². The van der Waals surface area contributed by atoms with Crippen LogP contribution in [0.3, 0.4) is 0 Å². The van der Waals surface area contributed by atoms with Crippen molar-refractivity contribution in [3.63, 3.8) is 0 Å². The van der Waals surface area contributed by atoms with Gasteiger partial charge in [-0.1, -0.05) is 19.8 Å². The molecule has 0 heterocycles. The molecule has 0 aliphatic heterocycles. The Bertz CT molecular complexity index is 336. The van der Waals surface area contributed by atoms with Gasteiger partial charge in [-0.25, -0.2) is 9.59 Å². The molecule has 2 unspecified atom stereocenters. The molecule has 0 saturated carbocycles. The summed E-state index contributed by atoms with van der Waals surface area (Å²) in [4.78, 5) is 22.6. The maximum absolute atomic E-state index is 11.7. The van der Waals surface area contributed by atoms with E-state index in [1.165, 1.54) is 7.11 Å². The summed E-state index contributed by atoms with van der Waals surface area (Å²) in [6, 6.07) is -1.93. The average molecular weight is 270 g/mol. The van der Waals surface area contributed by atoms with Crippen molar-refractivity contribution >= 4 is 12.0 Å². The van der Waals surface area contributed by atoms with Gasteiger partial charge in [0.2, 0.25) is 0 Å². The fraction of sp³-hybridized carbons (Fsp3) is 0.692.